The first kappa shape index (κ1) is 12.3. The summed E-state index contributed by atoms with van der Waals surface area (Å²) in [6.07, 6.45) is 0.680. The molecule has 0 bridgehead atoms. The van der Waals surface area contributed by atoms with E-state index in [1.54, 1.807) is 20.1 Å². The molecular weight excluding hydrogens is 192 g/mol. The first-order valence-electron chi connectivity index (χ1n) is 3.76. The van der Waals surface area contributed by atoms with Crippen LogP contribution in [0.3, 0.4) is 0 Å². The molecule has 0 saturated carbocycles. The van der Waals surface area contributed by atoms with Crippen LogP contribution in [0.25, 0.3) is 0 Å². The third kappa shape index (κ3) is 3.67. The standard InChI is InChI=1S/C8H14O4S/c1-5(9)12-6(7(10)11)8(2,3)13-4/h6H,1-4H3,(H,10,11). The first-order valence-corrected chi connectivity index (χ1v) is 4.99. The zero-order valence-corrected chi connectivity index (χ0v) is 8.97. The number of thioether (sulfide) groups is 1. The highest BCUT2D eigenvalue weighted by Crippen LogP contribution is 2.27. The molecule has 0 spiro atoms. The van der Waals surface area contributed by atoms with Gasteiger partial charge >= 0.3 is 11.9 Å². The van der Waals surface area contributed by atoms with Crippen molar-refractivity contribution in [3.63, 3.8) is 0 Å². The molecule has 13 heavy (non-hydrogen) atoms. The van der Waals surface area contributed by atoms with Gasteiger partial charge in [0.15, 0.2) is 0 Å². The number of esters is 1. The number of hydrogen-bond donors (Lipinski definition) is 1. The van der Waals surface area contributed by atoms with Gasteiger partial charge in [-0.15, -0.1) is 0 Å². The van der Waals surface area contributed by atoms with Crippen LogP contribution in [0.4, 0.5) is 0 Å². The minimum absolute atomic E-state index is 0.575. The third-order valence-electron chi connectivity index (χ3n) is 1.67. The first-order chi connectivity index (χ1) is 5.81. The second-order valence-corrected chi connectivity index (χ2v) is 4.60. The van der Waals surface area contributed by atoms with Crippen molar-refractivity contribution in [2.75, 3.05) is 6.26 Å². The fraction of sp³-hybridized carbons (Fsp3) is 0.750. The van der Waals surface area contributed by atoms with Crippen molar-refractivity contribution in [1.29, 1.82) is 0 Å². The van der Waals surface area contributed by atoms with E-state index in [1.165, 1.54) is 18.7 Å². The van der Waals surface area contributed by atoms with E-state index in [9.17, 15) is 9.59 Å². The summed E-state index contributed by atoms with van der Waals surface area (Å²) in [5.41, 5.74) is 0. The van der Waals surface area contributed by atoms with Gasteiger partial charge in [0.25, 0.3) is 0 Å². The molecule has 76 valence electrons. The molecule has 0 saturated heterocycles. The number of ether oxygens (including phenoxy) is 1. The predicted octanol–water partition coefficient (Wildman–Crippen LogP) is 1.14. The van der Waals surface area contributed by atoms with Crippen molar-refractivity contribution in [3.8, 4) is 0 Å². The van der Waals surface area contributed by atoms with Crippen LogP contribution < -0.4 is 0 Å². The molecule has 1 N–H and O–H groups in total. The zero-order chi connectivity index (χ0) is 10.6. The summed E-state index contributed by atoms with van der Waals surface area (Å²) in [5.74, 6) is -1.69. The Morgan fingerprint density at radius 2 is 1.92 bits per heavy atom. The fourth-order valence-electron chi connectivity index (χ4n) is 0.763. The average molecular weight is 206 g/mol. The largest absolute Gasteiger partial charge is 0.478 e. The lowest BCUT2D eigenvalue weighted by Crippen LogP contribution is -2.42. The number of carbonyl (C=O) groups is 2. The molecule has 0 rings (SSSR count). The molecule has 0 fully saturated rings. The molecule has 0 aromatic carbocycles. The van der Waals surface area contributed by atoms with Gasteiger partial charge in [0.05, 0.1) is 4.75 Å². The van der Waals surface area contributed by atoms with Gasteiger partial charge in [0.2, 0.25) is 6.10 Å². The third-order valence-corrected chi connectivity index (χ3v) is 2.93. The van der Waals surface area contributed by atoms with Gasteiger partial charge in [-0.25, -0.2) is 4.79 Å². The summed E-state index contributed by atoms with van der Waals surface area (Å²) in [6, 6.07) is 0. The van der Waals surface area contributed by atoms with E-state index < -0.39 is 22.8 Å². The topological polar surface area (TPSA) is 63.6 Å². The maximum absolute atomic E-state index is 10.7. The van der Waals surface area contributed by atoms with Gasteiger partial charge in [-0.05, 0) is 20.1 Å². The quantitative estimate of drug-likeness (QED) is 0.699. The Morgan fingerprint density at radius 3 is 2.15 bits per heavy atom. The minimum Gasteiger partial charge on any atom is -0.478 e. The molecule has 0 aliphatic carbocycles. The molecule has 0 amide bonds. The highest BCUT2D eigenvalue weighted by molar-refractivity contribution is 8.00. The highest BCUT2D eigenvalue weighted by atomic mass is 32.2. The van der Waals surface area contributed by atoms with Crippen molar-refractivity contribution >= 4 is 23.7 Å². The van der Waals surface area contributed by atoms with Crippen LogP contribution in [0.2, 0.25) is 0 Å². The molecule has 0 radical (unpaired) electrons. The lowest BCUT2D eigenvalue weighted by atomic mass is 10.1. The lowest BCUT2D eigenvalue weighted by molar-refractivity contribution is -0.164. The maximum Gasteiger partial charge on any atom is 0.346 e. The van der Waals surface area contributed by atoms with Gasteiger partial charge in [0, 0.05) is 6.92 Å². The van der Waals surface area contributed by atoms with Gasteiger partial charge in [-0.3, -0.25) is 4.79 Å². The smallest absolute Gasteiger partial charge is 0.346 e. The van der Waals surface area contributed by atoms with Gasteiger partial charge in [0.1, 0.15) is 0 Å². The number of carboxylic acids is 1. The number of carboxylic acid groups (broad SMARTS) is 1. The Hall–Kier alpha value is -0.710. The second-order valence-electron chi connectivity index (χ2n) is 3.14. The molecule has 0 aromatic heterocycles. The fourth-order valence-corrected chi connectivity index (χ4v) is 1.13. The van der Waals surface area contributed by atoms with E-state index in [4.69, 9.17) is 9.84 Å². The molecule has 5 heteroatoms. The van der Waals surface area contributed by atoms with E-state index in [2.05, 4.69) is 0 Å². The molecular formula is C8H14O4S. The number of carbonyl (C=O) groups excluding carboxylic acids is 1. The normalized spacial score (nSPS) is 13.5. The number of hydrogen-bond acceptors (Lipinski definition) is 4. The van der Waals surface area contributed by atoms with Crippen LogP contribution >= 0.6 is 11.8 Å². The summed E-state index contributed by atoms with van der Waals surface area (Å²) in [6.45, 7) is 4.64. The summed E-state index contributed by atoms with van der Waals surface area (Å²) in [7, 11) is 0. The maximum atomic E-state index is 10.7. The summed E-state index contributed by atoms with van der Waals surface area (Å²) in [4.78, 5) is 21.4. The van der Waals surface area contributed by atoms with Crippen LogP contribution in [0.1, 0.15) is 20.8 Å². The summed E-state index contributed by atoms with van der Waals surface area (Å²) >= 11 is 1.35. The molecule has 0 heterocycles. The monoisotopic (exact) mass is 206 g/mol. The average Bonchev–Trinajstić information content (AvgIpc) is 1.99. The van der Waals surface area contributed by atoms with Crippen molar-refractivity contribution in [2.45, 2.75) is 31.6 Å². The molecule has 1 atom stereocenters. The summed E-state index contributed by atoms with van der Waals surface area (Å²) in [5, 5.41) is 8.80. The van der Waals surface area contributed by atoms with E-state index in [0.29, 0.717) is 0 Å². The Kier molecular flexibility index (Phi) is 4.26. The van der Waals surface area contributed by atoms with E-state index in [1.807, 2.05) is 0 Å². The number of aliphatic carboxylic acids is 1. The van der Waals surface area contributed by atoms with Crippen LogP contribution in [0.15, 0.2) is 0 Å². The van der Waals surface area contributed by atoms with Crippen molar-refractivity contribution in [2.24, 2.45) is 0 Å². The van der Waals surface area contributed by atoms with Crippen LogP contribution in [0, 0.1) is 0 Å². The van der Waals surface area contributed by atoms with E-state index >= 15 is 0 Å². The van der Waals surface area contributed by atoms with Crippen molar-refractivity contribution < 1.29 is 19.4 Å². The lowest BCUT2D eigenvalue weighted by Gasteiger charge is -2.28. The molecule has 0 aliphatic rings. The molecule has 0 aliphatic heterocycles. The SMILES string of the molecule is CSC(C)(C)C(OC(C)=O)C(=O)O. The molecule has 1 unspecified atom stereocenters. The van der Waals surface area contributed by atoms with Crippen molar-refractivity contribution in [1.82, 2.24) is 0 Å². The van der Waals surface area contributed by atoms with Crippen LogP contribution in [-0.4, -0.2) is 34.2 Å². The van der Waals surface area contributed by atoms with Gasteiger partial charge < -0.3 is 9.84 Å². The second kappa shape index (κ2) is 4.50. The minimum atomic E-state index is -1.12. The Balaban J connectivity index is 4.60. The highest BCUT2D eigenvalue weighted by Gasteiger charge is 2.37. The van der Waals surface area contributed by atoms with Crippen LogP contribution in [0.5, 0.6) is 0 Å². The predicted molar refractivity (Wildman–Crippen MR) is 50.8 cm³/mol. The van der Waals surface area contributed by atoms with Gasteiger partial charge in [-0.1, -0.05) is 0 Å². The van der Waals surface area contributed by atoms with Crippen molar-refractivity contribution in [3.05, 3.63) is 0 Å². The van der Waals surface area contributed by atoms with E-state index in [0.717, 1.165) is 0 Å². The Morgan fingerprint density at radius 1 is 1.46 bits per heavy atom. The summed E-state index contributed by atoms with van der Waals surface area (Å²) < 4.78 is 4.09. The Bertz CT molecular complexity index is 212. The van der Waals surface area contributed by atoms with Gasteiger partial charge in [-0.2, -0.15) is 11.8 Å². The number of rotatable bonds is 4. The Labute approximate surface area is 81.6 Å². The molecule has 4 nitrogen and oxygen atoms in total. The zero-order valence-electron chi connectivity index (χ0n) is 8.16. The van der Waals surface area contributed by atoms with E-state index in [-0.39, 0.29) is 0 Å². The molecule has 0 aromatic rings. The van der Waals surface area contributed by atoms with Crippen LogP contribution in [-0.2, 0) is 14.3 Å².